The van der Waals surface area contributed by atoms with Crippen molar-refractivity contribution in [1.29, 1.82) is 0 Å². The van der Waals surface area contributed by atoms with Crippen molar-refractivity contribution in [3.05, 3.63) is 77.9 Å². The number of carbonyl (C=O) groups excluding carboxylic acids is 1. The molecule has 0 aliphatic carbocycles. The Balaban J connectivity index is 0.00000243. The Hall–Kier alpha value is -3.27. The number of nitrogens with two attached hydrogens (primary N) is 1. The normalized spacial score (nSPS) is 10.1. The van der Waals surface area contributed by atoms with Crippen LogP contribution in [0, 0.1) is 0 Å². The summed E-state index contributed by atoms with van der Waals surface area (Å²) in [6.07, 6.45) is 0. The number of fused-ring (bicyclic) bond motifs is 1. The molecule has 134 valence electrons. The Bertz CT molecular complexity index is 976. The second kappa shape index (κ2) is 7.74. The molecule has 3 aromatic carbocycles. The maximum Gasteiger partial charge on any atom is 0.337 e. The number of nitrogen functional groups attached to an aromatic ring is 1. The van der Waals surface area contributed by atoms with E-state index < -0.39 is 5.97 Å². The minimum Gasteiger partial charge on any atom is -0.497 e. The second-order valence-corrected chi connectivity index (χ2v) is 5.70. The fourth-order valence-corrected chi connectivity index (χ4v) is 2.76. The molecule has 0 aliphatic rings. The number of rotatable bonds is 4. The SMILES string of the molecule is C.C=C(c1ccc2cc(OC)ccc2c1)c1cc(C(=O)OC)ccc1N. The van der Waals surface area contributed by atoms with Gasteiger partial charge in [-0.2, -0.15) is 0 Å². The van der Waals surface area contributed by atoms with Gasteiger partial charge in [0, 0.05) is 11.3 Å². The van der Waals surface area contributed by atoms with Crippen LogP contribution in [0.4, 0.5) is 5.69 Å². The Morgan fingerprint density at radius 2 is 1.58 bits per heavy atom. The highest BCUT2D eigenvalue weighted by atomic mass is 16.5. The standard InChI is InChI=1S/C21H19NO3.CH4/c1-13(19-12-17(21(23)25-3)7-9-20(19)22)14-4-5-16-11-18(24-2)8-6-15(16)10-14;/h4-12H,1,22H2,2-3H3;1H4. The third-order valence-corrected chi connectivity index (χ3v) is 4.20. The molecule has 0 heterocycles. The zero-order chi connectivity index (χ0) is 18.0. The third-order valence-electron chi connectivity index (χ3n) is 4.20. The van der Waals surface area contributed by atoms with Crippen LogP contribution in [-0.4, -0.2) is 20.2 Å². The van der Waals surface area contributed by atoms with Gasteiger partial charge in [-0.3, -0.25) is 0 Å². The number of benzene rings is 3. The van der Waals surface area contributed by atoms with E-state index in [0.29, 0.717) is 11.3 Å². The fourth-order valence-electron chi connectivity index (χ4n) is 2.76. The molecule has 3 aromatic rings. The molecule has 0 saturated heterocycles. The molecular weight excluding hydrogens is 326 g/mol. The van der Waals surface area contributed by atoms with Crippen LogP contribution in [0.2, 0.25) is 0 Å². The van der Waals surface area contributed by atoms with Crippen molar-refractivity contribution in [2.24, 2.45) is 0 Å². The lowest BCUT2D eigenvalue weighted by Crippen LogP contribution is -2.04. The summed E-state index contributed by atoms with van der Waals surface area (Å²) in [5, 5.41) is 2.15. The number of ether oxygens (including phenoxy) is 2. The summed E-state index contributed by atoms with van der Waals surface area (Å²) in [5.74, 6) is 0.411. The first-order chi connectivity index (χ1) is 12.0. The molecule has 0 saturated carbocycles. The van der Waals surface area contributed by atoms with Crippen molar-refractivity contribution in [3.63, 3.8) is 0 Å². The van der Waals surface area contributed by atoms with Crippen LogP contribution in [0.1, 0.15) is 28.9 Å². The molecule has 4 nitrogen and oxygen atoms in total. The van der Waals surface area contributed by atoms with Crippen LogP contribution in [-0.2, 0) is 4.74 Å². The van der Waals surface area contributed by atoms with Gasteiger partial charge in [0.1, 0.15) is 5.75 Å². The minimum atomic E-state index is -0.403. The Labute approximate surface area is 153 Å². The van der Waals surface area contributed by atoms with Crippen LogP contribution in [0.15, 0.2) is 61.2 Å². The summed E-state index contributed by atoms with van der Waals surface area (Å²) in [4.78, 5) is 11.8. The minimum absolute atomic E-state index is 0. The van der Waals surface area contributed by atoms with Gasteiger partial charge in [-0.05, 0) is 58.3 Å². The van der Waals surface area contributed by atoms with Crippen molar-refractivity contribution in [1.82, 2.24) is 0 Å². The summed E-state index contributed by atoms with van der Waals surface area (Å²) in [5.41, 5.74) is 9.50. The largest absolute Gasteiger partial charge is 0.497 e. The molecule has 0 amide bonds. The Kier molecular flexibility index (Phi) is 5.68. The topological polar surface area (TPSA) is 61.5 Å². The van der Waals surface area contributed by atoms with E-state index in [0.717, 1.165) is 33.2 Å². The highest BCUT2D eigenvalue weighted by molar-refractivity contribution is 5.95. The molecule has 0 spiro atoms. The lowest BCUT2D eigenvalue weighted by molar-refractivity contribution is 0.0600. The lowest BCUT2D eigenvalue weighted by Gasteiger charge is -2.12. The second-order valence-electron chi connectivity index (χ2n) is 5.70. The number of esters is 1. The predicted octanol–water partition coefficient (Wildman–Crippen LogP) is 4.91. The predicted molar refractivity (Wildman–Crippen MR) is 108 cm³/mol. The van der Waals surface area contributed by atoms with Crippen LogP contribution < -0.4 is 10.5 Å². The smallest absolute Gasteiger partial charge is 0.337 e. The summed E-state index contributed by atoms with van der Waals surface area (Å²) in [6.45, 7) is 4.17. The molecule has 0 fully saturated rings. The Morgan fingerprint density at radius 3 is 2.27 bits per heavy atom. The maximum absolute atomic E-state index is 11.8. The van der Waals surface area contributed by atoms with E-state index in [1.54, 1.807) is 25.3 Å². The van der Waals surface area contributed by atoms with Gasteiger partial charge in [0.25, 0.3) is 0 Å². The lowest BCUT2D eigenvalue weighted by atomic mass is 9.94. The number of carbonyl (C=O) groups is 1. The van der Waals surface area contributed by atoms with E-state index in [-0.39, 0.29) is 7.43 Å². The van der Waals surface area contributed by atoms with Gasteiger partial charge < -0.3 is 15.2 Å². The maximum atomic E-state index is 11.8. The Morgan fingerprint density at radius 1 is 0.923 bits per heavy atom. The molecule has 4 heteroatoms. The fraction of sp³-hybridized carbons (Fsp3) is 0.136. The van der Waals surface area contributed by atoms with E-state index in [1.807, 2.05) is 36.4 Å². The molecule has 0 aliphatic heterocycles. The summed E-state index contributed by atoms with van der Waals surface area (Å²) in [7, 11) is 3.00. The van der Waals surface area contributed by atoms with Gasteiger partial charge in [0.05, 0.1) is 19.8 Å². The number of hydrogen-bond acceptors (Lipinski definition) is 4. The number of anilines is 1. The monoisotopic (exact) mass is 349 g/mol. The number of methoxy groups -OCH3 is 2. The van der Waals surface area contributed by atoms with Gasteiger partial charge >= 0.3 is 5.97 Å². The highest BCUT2D eigenvalue weighted by Crippen LogP contribution is 2.30. The summed E-state index contributed by atoms with van der Waals surface area (Å²) in [6, 6.07) is 17.0. The van der Waals surface area contributed by atoms with Gasteiger partial charge in [-0.1, -0.05) is 32.2 Å². The zero-order valence-corrected chi connectivity index (χ0v) is 14.2. The summed E-state index contributed by atoms with van der Waals surface area (Å²) >= 11 is 0. The number of hydrogen-bond donors (Lipinski definition) is 1. The van der Waals surface area contributed by atoms with E-state index in [2.05, 4.69) is 6.58 Å². The van der Waals surface area contributed by atoms with Crippen molar-refractivity contribution in [2.45, 2.75) is 7.43 Å². The molecular formula is C22H23NO3. The molecule has 0 atom stereocenters. The van der Waals surface area contributed by atoms with E-state index in [4.69, 9.17) is 15.2 Å². The first-order valence-corrected chi connectivity index (χ1v) is 7.79. The van der Waals surface area contributed by atoms with Crippen molar-refractivity contribution in [3.8, 4) is 5.75 Å². The highest BCUT2D eigenvalue weighted by Gasteiger charge is 2.12. The first kappa shape index (κ1) is 19.1. The molecule has 0 unspecified atom stereocenters. The average Bonchev–Trinajstić information content (AvgIpc) is 2.66. The van der Waals surface area contributed by atoms with Crippen molar-refractivity contribution >= 4 is 28.0 Å². The van der Waals surface area contributed by atoms with Crippen LogP contribution in [0.3, 0.4) is 0 Å². The molecule has 0 aromatic heterocycles. The van der Waals surface area contributed by atoms with Gasteiger partial charge in [0.15, 0.2) is 0 Å². The molecule has 2 N–H and O–H groups in total. The van der Waals surface area contributed by atoms with Crippen LogP contribution in [0.5, 0.6) is 5.75 Å². The van der Waals surface area contributed by atoms with Gasteiger partial charge in [0.2, 0.25) is 0 Å². The molecule has 0 bridgehead atoms. The van der Waals surface area contributed by atoms with Crippen LogP contribution in [0.25, 0.3) is 16.3 Å². The molecule has 26 heavy (non-hydrogen) atoms. The van der Waals surface area contributed by atoms with Gasteiger partial charge in [-0.15, -0.1) is 0 Å². The zero-order valence-electron chi connectivity index (χ0n) is 14.2. The molecule has 3 rings (SSSR count). The third kappa shape index (κ3) is 3.54. The first-order valence-electron chi connectivity index (χ1n) is 7.79. The van der Waals surface area contributed by atoms with Crippen molar-refractivity contribution < 1.29 is 14.3 Å². The van der Waals surface area contributed by atoms with E-state index in [1.165, 1.54) is 7.11 Å². The van der Waals surface area contributed by atoms with Crippen molar-refractivity contribution in [2.75, 3.05) is 20.0 Å². The van der Waals surface area contributed by atoms with E-state index >= 15 is 0 Å². The quantitative estimate of drug-likeness (QED) is 0.537. The average molecular weight is 349 g/mol. The molecule has 0 radical (unpaired) electrons. The van der Waals surface area contributed by atoms with E-state index in [9.17, 15) is 4.79 Å². The summed E-state index contributed by atoms with van der Waals surface area (Å²) < 4.78 is 10.0. The van der Waals surface area contributed by atoms with Crippen LogP contribution >= 0.6 is 0 Å². The van der Waals surface area contributed by atoms with Gasteiger partial charge in [-0.25, -0.2) is 4.79 Å².